The number of aromatic nitrogens is 1. The van der Waals surface area contributed by atoms with E-state index in [1.807, 2.05) is 13.8 Å². The summed E-state index contributed by atoms with van der Waals surface area (Å²) in [5, 5.41) is 10.3. The number of fused-ring (bicyclic) bond motifs is 1. The zero-order valence-electron chi connectivity index (χ0n) is 11.0. The second-order valence-electron chi connectivity index (χ2n) is 3.75. The number of carbonyl (C=O) groups is 2. The summed E-state index contributed by atoms with van der Waals surface area (Å²) in [5.74, 6) is -0.359. The fourth-order valence-corrected chi connectivity index (χ4v) is 1.64. The van der Waals surface area contributed by atoms with Crippen LogP contribution < -0.4 is 0 Å². The minimum Gasteiger partial charge on any atom is -0.507 e. The van der Waals surface area contributed by atoms with Gasteiger partial charge in [0.15, 0.2) is 11.6 Å². The number of carbonyl (C=O) groups excluding carboxylic acids is 2. The van der Waals surface area contributed by atoms with Crippen molar-refractivity contribution in [1.29, 1.82) is 0 Å². The van der Waals surface area contributed by atoms with Crippen LogP contribution in [0.2, 0.25) is 0 Å². The predicted octanol–water partition coefficient (Wildman–Crippen LogP) is 3.30. The number of aromatic amines is 1. The molecule has 0 aliphatic carbocycles. The lowest BCUT2D eigenvalue weighted by molar-refractivity contribution is 0.100. The highest BCUT2D eigenvalue weighted by Crippen LogP contribution is 2.25. The average molecular weight is 247 g/mol. The number of ketones is 2. The van der Waals surface area contributed by atoms with E-state index in [0.717, 1.165) is 5.39 Å². The third-order valence-electron chi connectivity index (χ3n) is 2.50. The second kappa shape index (κ2) is 5.49. The lowest BCUT2D eigenvalue weighted by Gasteiger charge is -1.99. The van der Waals surface area contributed by atoms with Gasteiger partial charge in [-0.15, -0.1) is 0 Å². The first-order valence-electron chi connectivity index (χ1n) is 5.86. The fourth-order valence-electron chi connectivity index (χ4n) is 1.64. The summed E-state index contributed by atoms with van der Waals surface area (Å²) in [6, 6.07) is 4.71. The first kappa shape index (κ1) is 14.0. The van der Waals surface area contributed by atoms with E-state index in [1.54, 1.807) is 12.1 Å². The van der Waals surface area contributed by atoms with Crippen molar-refractivity contribution in [2.24, 2.45) is 0 Å². The van der Waals surface area contributed by atoms with Gasteiger partial charge in [0, 0.05) is 23.9 Å². The van der Waals surface area contributed by atoms with Gasteiger partial charge in [0.2, 0.25) is 0 Å². The summed E-state index contributed by atoms with van der Waals surface area (Å²) in [6.45, 7) is 6.84. The van der Waals surface area contributed by atoms with E-state index in [0.29, 0.717) is 11.2 Å². The largest absolute Gasteiger partial charge is 0.507 e. The monoisotopic (exact) mass is 247 g/mol. The molecule has 0 saturated carbocycles. The van der Waals surface area contributed by atoms with E-state index in [1.165, 1.54) is 19.9 Å². The van der Waals surface area contributed by atoms with Crippen molar-refractivity contribution in [3.05, 3.63) is 29.5 Å². The molecule has 1 heterocycles. The van der Waals surface area contributed by atoms with Crippen LogP contribution >= 0.6 is 0 Å². The highest BCUT2D eigenvalue weighted by molar-refractivity contribution is 6.03. The predicted molar refractivity (Wildman–Crippen MR) is 71.3 cm³/mol. The number of H-pyrrole nitrogens is 1. The molecule has 0 spiro atoms. The molecule has 0 fully saturated rings. The standard InChI is InChI=1S/C12H11NO3.C2H6/c1-6(14)9-3-8-4-10(7(2)15)13-11(8)5-12(9)16;1-2/h3-5,13,16H,1-2H3;1-2H3. The molecule has 0 bridgehead atoms. The molecule has 2 rings (SSSR count). The molecule has 4 heteroatoms. The number of benzene rings is 1. The maximum atomic E-state index is 11.2. The molecule has 0 atom stereocenters. The molecule has 4 nitrogen and oxygen atoms in total. The van der Waals surface area contributed by atoms with Crippen LogP contribution in [0.3, 0.4) is 0 Å². The van der Waals surface area contributed by atoms with Gasteiger partial charge in [0.1, 0.15) is 5.75 Å². The SMILES string of the molecule is CC.CC(=O)c1cc2cc(C(C)=O)c(O)cc2[nH]1. The van der Waals surface area contributed by atoms with Gasteiger partial charge in [0.05, 0.1) is 11.3 Å². The smallest absolute Gasteiger partial charge is 0.175 e. The van der Waals surface area contributed by atoms with Crippen LogP contribution in [0.5, 0.6) is 5.75 Å². The van der Waals surface area contributed by atoms with Crippen LogP contribution in [0.15, 0.2) is 18.2 Å². The third-order valence-corrected chi connectivity index (χ3v) is 2.50. The first-order valence-corrected chi connectivity index (χ1v) is 5.86. The average Bonchev–Trinajstić information content (AvgIpc) is 2.73. The van der Waals surface area contributed by atoms with Crippen LogP contribution in [0.4, 0.5) is 0 Å². The van der Waals surface area contributed by atoms with Gasteiger partial charge in [-0.1, -0.05) is 13.8 Å². The molecule has 0 aliphatic rings. The summed E-state index contributed by atoms with van der Waals surface area (Å²) in [6.07, 6.45) is 0. The Labute approximate surface area is 106 Å². The maximum absolute atomic E-state index is 11.2. The van der Waals surface area contributed by atoms with Crippen LogP contribution in [0, 0.1) is 0 Å². The van der Waals surface area contributed by atoms with Crippen molar-refractivity contribution in [2.45, 2.75) is 27.7 Å². The van der Waals surface area contributed by atoms with Crippen molar-refractivity contribution in [3.63, 3.8) is 0 Å². The van der Waals surface area contributed by atoms with Crippen LogP contribution in [-0.2, 0) is 0 Å². The molecule has 1 aromatic carbocycles. The highest BCUT2D eigenvalue weighted by Gasteiger charge is 2.11. The van der Waals surface area contributed by atoms with Crippen molar-refractivity contribution in [2.75, 3.05) is 0 Å². The van der Waals surface area contributed by atoms with E-state index in [2.05, 4.69) is 4.98 Å². The van der Waals surface area contributed by atoms with Gasteiger partial charge in [0.25, 0.3) is 0 Å². The lowest BCUT2D eigenvalue weighted by atomic mass is 10.1. The molecule has 2 N–H and O–H groups in total. The Balaban J connectivity index is 0.000000771. The van der Waals surface area contributed by atoms with Gasteiger partial charge in [-0.2, -0.15) is 0 Å². The Kier molecular flexibility index (Phi) is 4.26. The van der Waals surface area contributed by atoms with E-state index < -0.39 is 0 Å². The number of phenolic OH excluding ortho intramolecular Hbond substituents is 1. The summed E-state index contributed by atoms with van der Waals surface area (Å²) in [5.41, 5.74) is 1.38. The molecule has 0 aliphatic heterocycles. The van der Waals surface area contributed by atoms with E-state index in [4.69, 9.17) is 0 Å². The van der Waals surface area contributed by atoms with Gasteiger partial charge >= 0.3 is 0 Å². The first-order chi connectivity index (χ1) is 8.49. The van der Waals surface area contributed by atoms with Crippen LogP contribution in [-0.4, -0.2) is 21.7 Å². The van der Waals surface area contributed by atoms with Crippen molar-refractivity contribution < 1.29 is 14.7 Å². The molecule has 96 valence electrons. The summed E-state index contributed by atoms with van der Waals surface area (Å²) in [7, 11) is 0. The van der Waals surface area contributed by atoms with Gasteiger partial charge in [-0.05, 0) is 19.1 Å². The zero-order valence-corrected chi connectivity index (χ0v) is 11.0. The van der Waals surface area contributed by atoms with Crippen LogP contribution in [0.25, 0.3) is 10.9 Å². The number of aromatic hydroxyl groups is 1. The Morgan fingerprint density at radius 2 is 1.67 bits per heavy atom. The Morgan fingerprint density at radius 1 is 1.06 bits per heavy atom. The van der Waals surface area contributed by atoms with Gasteiger partial charge in [-0.3, -0.25) is 9.59 Å². The molecule has 0 amide bonds. The topological polar surface area (TPSA) is 70.2 Å². The number of rotatable bonds is 2. The Morgan fingerprint density at radius 3 is 2.17 bits per heavy atom. The normalized spacial score (nSPS) is 9.78. The highest BCUT2D eigenvalue weighted by atomic mass is 16.3. The number of nitrogens with one attached hydrogen (secondary N) is 1. The Hall–Kier alpha value is -2.10. The number of Topliss-reactive ketones (excluding diaryl/α,β-unsaturated/α-hetero) is 2. The van der Waals surface area contributed by atoms with Crippen LogP contribution in [0.1, 0.15) is 48.5 Å². The number of hydrogen-bond acceptors (Lipinski definition) is 3. The molecule has 18 heavy (non-hydrogen) atoms. The third kappa shape index (κ3) is 2.59. The lowest BCUT2D eigenvalue weighted by Crippen LogP contribution is -1.91. The van der Waals surface area contributed by atoms with Crippen molar-refractivity contribution in [1.82, 2.24) is 4.98 Å². The van der Waals surface area contributed by atoms with Gasteiger partial charge in [-0.25, -0.2) is 0 Å². The molecule has 0 radical (unpaired) electrons. The Bertz CT molecular complexity index is 596. The molecular formula is C14H17NO3. The fraction of sp³-hybridized carbons (Fsp3) is 0.286. The van der Waals surface area contributed by atoms with Gasteiger partial charge < -0.3 is 10.1 Å². The molecule has 2 aromatic rings. The number of hydrogen-bond donors (Lipinski definition) is 2. The minimum absolute atomic E-state index is 0.0723. The molecule has 0 unspecified atom stereocenters. The maximum Gasteiger partial charge on any atom is 0.175 e. The van der Waals surface area contributed by atoms with Crippen molar-refractivity contribution >= 4 is 22.5 Å². The summed E-state index contributed by atoms with van der Waals surface area (Å²) < 4.78 is 0. The van der Waals surface area contributed by atoms with E-state index in [-0.39, 0.29) is 22.9 Å². The second-order valence-corrected chi connectivity index (χ2v) is 3.75. The van der Waals surface area contributed by atoms with Crippen molar-refractivity contribution in [3.8, 4) is 5.75 Å². The van der Waals surface area contributed by atoms with E-state index >= 15 is 0 Å². The summed E-state index contributed by atoms with van der Waals surface area (Å²) >= 11 is 0. The quantitative estimate of drug-likeness (QED) is 0.800. The molecule has 1 aromatic heterocycles. The van der Waals surface area contributed by atoms with E-state index in [9.17, 15) is 14.7 Å². The summed E-state index contributed by atoms with van der Waals surface area (Å²) in [4.78, 5) is 25.3. The molecular weight excluding hydrogens is 230 g/mol. The number of phenols is 1. The minimum atomic E-state index is -0.204. The zero-order chi connectivity index (χ0) is 13.9. The molecule has 0 saturated heterocycles.